The van der Waals surface area contributed by atoms with E-state index in [1.807, 2.05) is 30.3 Å². The second kappa shape index (κ2) is 6.80. The number of halogens is 1. The van der Waals surface area contributed by atoms with Crippen LogP contribution in [0.3, 0.4) is 0 Å². The summed E-state index contributed by atoms with van der Waals surface area (Å²) < 4.78 is 0. The summed E-state index contributed by atoms with van der Waals surface area (Å²) >= 11 is 0. The summed E-state index contributed by atoms with van der Waals surface area (Å²) in [6.45, 7) is 0. The van der Waals surface area contributed by atoms with E-state index in [-0.39, 0.29) is 34.8 Å². The van der Waals surface area contributed by atoms with Crippen molar-refractivity contribution in [2.75, 3.05) is 0 Å². The fourth-order valence-electron chi connectivity index (χ4n) is 0.453. The average Bonchev–Trinajstić information content (AvgIpc) is 1.69. The second-order valence-electron chi connectivity index (χ2n) is 1.41. The number of hydrogen-bond acceptors (Lipinski definition) is 0. The quantitative estimate of drug-likeness (QED) is 0.496. The standard InChI is InChI=1S/C6H7P.Au.ClH/c7-6-4-2-1-3-5-6;;/h1-5H,7H2;;1H. The van der Waals surface area contributed by atoms with Gasteiger partial charge in [-0.15, -0.1) is 21.6 Å². The van der Waals surface area contributed by atoms with Crippen molar-refractivity contribution in [2.24, 2.45) is 0 Å². The molecule has 0 spiro atoms. The largest absolute Gasteiger partial charge is 0.147 e. The van der Waals surface area contributed by atoms with Gasteiger partial charge in [0.05, 0.1) is 0 Å². The molecular weight excluding hydrogens is 335 g/mol. The minimum Gasteiger partial charge on any atom is -0.147 e. The average molecular weight is 344 g/mol. The summed E-state index contributed by atoms with van der Waals surface area (Å²) in [5.74, 6) is 0. The fraction of sp³-hybridized carbons (Fsp3) is 0. The van der Waals surface area contributed by atoms with Gasteiger partial charge in [0, 0.05) is 22.4 Å². The Kier molecular flexibility index (Phi) is 9.34. The third-order valence-electron chi connectivity index (χ3n) is 0.800. The normalized spacial score (nSPS) is 6.78. The van der Waals surface area contributed by atoms with E-state index in [9.17, 15) is 0 Å². The van der Waals surface area contributed by atoms with E-state index in [4.69, 9.17) is 0 Å². The second-order valence-corrected chi connectivity index (χ2v) is 2.08. The summed E-state index contributed by atoms with van der Waals surface area (Å²) in [5.41, 5.74) is 0. The van der Waals surface area contributed by atoms with Gasteiger partial charge in [-0.25, -0.2) is 0 Å². The van der Waals surface area contributed by atoms with Crippen LogP contribution >= 0.6 is 21.6 Å². The van der Waals surface area contributed by atoms with Crippen molar-refractivity contribution in [1.82, 2.24) is 0 Å². The molecule has 0 aliphatic carbocycles. The van der Waals surface area contributed by atoms with E-state index < -0.39 is 0 Å². The number of rotatable bonds is 0. The van der Waals surface area contributed by atoms with E-state index >= 15 is 0 Å². The first-order chi connectivity index (χ1) is 3.39. The van der Waals surface area contributed by atoms with Crippen LogP contribution in [0.2, 0.25) is 0 Å². The topological polar surface area (TPSA) is 0 Å². The molecule has 0 nitrogen and oxygen atoms in total. The molecule has 1 unspecified atom stereocenters. The SMILES string of the molecule is Cl.Pc1ccccc1.[Au]. The van der Waals surface area contributed by atoms with Gasteiger partial charge in [0.1, 0.15) is 0 Å². The number of benzene rings is 1. The summed E-state index contributed by atoms with van der Waals surface area (Å²) in [5, 5.41) is 1.24. The maximum Gasteiger partial charge on any atom is 0 e. The molecule has 0 saturated carbocycles. The predicted molar refractivity (Wildman–Crippen MR) is 43.0 cm³/mol. The Morgan fingerprint density at radius 2 is 1.44 bits per heavy atom. The first-order valence-corrected chi connectivity index (χ1v) is 2.78. The molecule has 55 valence electrons. The maximum absolute atomic E-state index is 2.63. The van der Waals surface area contributed by atoms with Gasteiger partial charge >= 0.3 is 0 Å². The van der Waals surface area contributed by atoms with Gasteiger partial charge < -0.3 is 0 Å². The first-order valence-electron chi connectivity index (χ1n) is 2.20. The molecule has 0 saturated heterocycles. The van der Waals surface area contributed by atoms with Crippen LogP contribution in [0.1, 0.15) is 0 Å². The van der Waals surface area contributed by atoms with Crippen LogP contribution in [-0.2, 0) is 22.4 Å². The molecular formula is C6H8AuClP. The molecule has 1 radical (unpaired) electrons. The maximum atomic E-state index is 2.63. The third kappa shape index (κ3) is 5.14. The van der Waals surface area contributed by atoms with Gasteiger partial charge in [-0.1, -0.05) is 30.3 Å². The zero-order valence-electron chi connectivity index (χ0n) is 4.67. The van der Waals surface area contributed by atoms with Crippen LogP contribution in [0.25, 0.3) is 0 Å². The Morgan fingerprint density at radius 1 is 1.00 bits per heavy atom. The predicted octanol–water partition coefficient (Wildman–Crippen LogP) is 1.61. The van der Waals surface area contributed by atoms with E-state index in [1.54, 1.807) is 0 Å². The van der Waals surface area contributed by atoms with Crippen LogP contribution in [0.15, 0.2) is 30.3 Å². The van der Waals surface area contributed by atoms with Crippen LogP contribution in [0.4, 0.5) is 0 Å². The Labute approximate surface area is 79.5 Å². The third-order valence-corrected chi connectivity index (χ3v) is 1.18. The molecule has 0 heterocycles. The van der Waals surface area contributed by atoms with E-state index in [0.29, 0.717) is 0 Å². The van der Waals surface area contributed by atoms with Crippen molar-refractivity contribution in [3.63, 3.8) is 0 Å². The molecule has 0 N–H and O–H groups in total. The van der Waals surface area contributed by atoms with Crippen molar-refractivity contribution in [2.45, 2.75) is 0 Å². The Morgan fingerprint density at radius 3 is 1.67 bits per heavy atom. The fourth-order valence-corrected chi connectivity index (χ4v) is 0.675. The molecule has 0 amide bonds. The van der Waals surface area contributed by atoms with Gasteiger partial charge in [0.15, 0.2) is 0 Å². The molecule has 0 fully saturated rings. The molecule has 1 aromatic rings. The van der Waals surface area contributed by atoms with Crippen LogP contribution in [0.5, 0.6) is 0 Å². The number of hydrogen-bond donors (Lipinski definition) is 0. The van der Waals surface area contributed by atoms with Gasteiger partial charge in [-0.05, 0) is 5.30 Å². The van der Waals surface area contributed by atoms with Crippen LogP contribution in [-0.4, -0.2) is 0 Å². The minimum atomic E-state index is 0. The molecule has 0 aromatic heterocycles. The minimum absolute atomic E-state index is 0. The summed E-state index contributed by atoms with van der Waals surface area (Å²) in [4.78, 5) is 0. The molecule has 1 aromatic carbocycles. The van der Waals surface area contributed by atoms with Gasteiger partial charge in [0.25, 0.3) is 0 Å². The molecule has 9 heavy (non-hydrogen) atoms. The van der Waals surface area contributed by atoms with Gasteiger partial charge in [-0.2, -0.15) is 0 Å². The van der Waals surface area contributed by atoms with Crippen molar-refractivity contribution < 1.29 is 22.4 Å². The van der Waals surface area contributed by atoms with E-state index in [1.165, 1.54) is 5.30 Å². The summed E-state index contributed by atoms with van der Waals surface area (Å²) in [7, 11) is 2.63. The van der Waals surface area contributed by atoms with Crippen molar-refractivity contribution >= 4 is 27.0 Å². The Balaban J connectivity index is 0. The van der Waals surface area contributed by atoms with Crippen molar-refractivity contribution in [1.29, 1.82) is 0 Å². The molecule has 0 aliphatic heterocycles. The molecule has 0 bridgehead atoms. The first kappa shape index (κ1) is 12.4. The van der Waals surface area contributed by atoms with Crippen LogP contribution in [0, 0.1) is 0 Å². The summed E-state index contributed by atoms with van der Waals surface area (Å²) in [6, 6.07) is 10.1. The smallest absolute Gasteiger partial charge is 0 e. The molecule has 3 heteroatoms. The van der Waals surface area contributed by atoms with E-state index in [2.05, 4.69) is 9.24 Å². The van der Waals surface area contributed by atoms with Gasteiger partial charge in [-0.3, -0.25) is 0 Å². The molecule has 0 aliphatic rings. The monoisotopic (exact) mass is 343 g/mol. The van der Waals surface area contributed by atoms with Crippen LogP contribution < -0.4 is 5.30 Å². The molecule has 1 rings (SSSR count). The summed E-state index contributed by atoms with van der Waals surface area (Å²) in [6.07, 6.45) is 0. The van der Waals surface area contributed by atoms with Crippen molar-refractivity contribution in [3.8, 4) is 0 Å². The zero-order chi connectivity index (χ0) is 5.11. The van der Waals surface area contributed by atoms with Gasteiger partial charge in [0.2, 0.25) is 0 Å². The van der Waals surface area contributed by atoms with E-state index in [0.717, 1.165) is 0 Å². The molecule has 1 atom stereocenters. The van der Waals surface area contributed by atoms with Crippen molar-refractivity contribution in [3.05, 3.63) is 30.3 Å². The Bertz CT molecular complexity index is 143. The zero-order valence-corrected chi connectivity index (χ0v) is 8.81. The Hall–Kier alpha value is 0.680.